The molecule has 0 N–H and O–H groups in total. The van der Waals surface area contributed by atoms with Crippen LogP contribution >= 0.6 is 47.9 Å². The second-order valence-corrected chi connectivity index (χ2v) is 8.37. The van der Waals surface area contributed by atoms with E-state index < -0.39 is 0 Å². The number of hydrogen-bond donors (Lipinski definition) is 1. The second-order valence-electron chi connectivity index (χ2n) is 4.49. The van der Waals surface area contributed by atoms with Crippen molar-refractivity contribution in [3.05, 3.63) is 0 Å². The molecule has 0 aliphatic heterocycles. The van der Waals surface area contributed by atoms with Crippen LogP contribution < -0.4 is 0 Å². The van der Waals surface area contributed by atoms with E-state index in [9.17, 15) is 0 Å². The van der Waals surface area contributed by atoms with E-state index in [0.717, 1.165) is 5.75 Å². The minimum absolute atomic E-state index is 1.00. The zero-order valence-electron chi connectivity index (χ0n) is 12.6. The standard InChI is InChI=1S/C14H31NS4/c1-3-4-11-18-12-7-15(6-5-10-17-2)8-13-19-14-9-16/h16H,3-14H2,1-2H3. The Kier molecular flexibility index (Phi) is 18.7. The van der Waals surface area contributed by atoms with Gasteiger partial charge < -0.3 is 4.90 Å². The van der Waals surface area contributed by atoms with Gasteiger partial charge in [-0.25, -0.2) is 0 Å². The van der Waals surface area contributed by atoms with Gasteiger partial charge in [0.05, 0.1) is 0 Å². The number of thioether (sulfide) groups is 3. The molecule has 1 nitrogen and oxygen atoms in total. The van der Waals surface area contributed by atoms with E-state index in [4.69, 9.17) is 0 Å². The summed E-state index contributed by atoms with van der Waals surface area (Å²) in [5.41, 5.74) is 0. The minimum atomic E-state index is 1.00. The minimum Gasteiger partial charge on any atom is -0.302 e. The van der Waals surface area contributed by atoms with E-state index in [1.54, 1.807) is 0 Å². The number of thiol groups is 1. The first-order valence-electron chi connectivity index (χ1n) is 7.32. The smallest absolute Gasteiger partial charge is 0.00727 e. The van der Waals surface area contributed by atoms with Gasteiger partial charge in [-0.05, 0) is 42.9 Å². The quantitative estimate of drug-likeness (QED) is 0.350. The largest absolute Gasteiger partial charge is 0.302 e. The lowest BCUT2D eigenvalue weighted by molar-refractivity contribution is 0.310. The highest BCUT2D eigenvalue weighted by molar-refractivity contribution is 8.00. The zero-order chi connectivity index (χ0) is 14.2. The van der Waals surface area contributed by atoms with Crippen LogP contribution in [0.4, 0.5) is 0 Å². The Morgan fingerprint density at radius 3 is 2.11 bits per heavy atom. The summed E-state index contributed by atoms with van der Waals surface area (Å²) in [6, 6.07) is 0. The van der Waals surface area contributed by atoms with Crippen LogP contribution in [0.5, 0.6) is 0 Å². The molecule has 0 aliphatic rings. The summed E-state index contributed by atoms with van der Waals surface area (Å²) < 4.78 is 0. The van der Waals surface area contributed by atoms with Crippen molar-refractivity contribution in [1.29, 1.82) is 0 Å². The van der Waals surface area contributed by atoms with Crippen molar-refractivity contribution >= 4 is 47.9 Å². The molecule has 0 saturated heterocycles. The Morgan fingerprint density at radius 1 is 0.842 bits per heavy atom. The Bertz CT molecular complexity index is 170. The highest BCUT2D eigenvalue weighted by atomic mass is 32.2. The maximum atomic E-state index is 4.26. The van der Waals surface area contributed by atoms with Gasteiger partial charge >= 0.3 is 0 Å². The van der Waals surface area contributed by atoms with Gasteiger partial charge in [-0.1, -0.05) is 13.3 Å². The molecule has 0 aromatic heterocycles. The van der Waals surface area contributed by atoms with Crippen LogP contribution in [-0.2, 0) is 0 Å². The molecule has 0 aromatic carbocycles. The van der Waals surface area contributed by atoms with Crippen LogP contribution in [-0.4, -0.2) is 65.3 Å². The molecule has 0 radical (unpaired) electrons. The van der Waals surface area contributed by atoms with E-state index in [0.29, 0.717) is 0 Å². The maximum Gasteiger partial charge on any atom is 0.00727 e. The fourth-order valence-electron chi connectivity index (χ4n) is 1.67. The van der Waals surface area contributed by atoms with Crippen LogP contribution in [0.2, 0.25) is 0 Å². The lowest BCUT2D eigenvalue weighted by Crippen LogP contribution is -2.30. The molecule has 0 saturated carbocycles. The fourth-order valence-corrected chi connectivity index (χ4v) is 4.28. The molecule has 0 amide bonds. The van der Waals surface area contributed by atoms with E-state index in [-0.39, 0.29) is 0 Å². The van der Waals surface area contributed by atoms with Crippen molar-refractivity contribution < 1.29 is 0 Å². The van der Waals surface area contributed by atoms with Gasteiger partial charge in [0, 0.05) is 30.3 Å². The van der Waals surface area contributed by atoms with Crippen molar-refractivity contribution in [3.63, 3.8) is 0 Å². The number of rotatable bonds is 15. The Morgan fingerprint density at radius 2 is 1.53 bits per heavy atom. The average molecular weight is 342 g/mol. The van der Waals surface area contributed by atoms with Crippen LogP contribution in [0.15, 0.2) is 0 Å². The van der Waals surface area contributed by atoms with Gasteiger partial charge in [0.15, 0.2) is 0 Å². The molecule has 0 heterocycles. The first-order chi connectivity index (χ1) is 9.35. The summed E-state index contributed by atoms with van der Waals surface area (Å²) >= 11 is 10.4. The molecule has 0 bridgehead atoms. The van der Waals surface area contributed by atoms with Crippen LogP contribution in [0.3, 0.4) is 0 Å². The van der Waals surface area contributed by atoms with Crippen LogP contribution in [0, 0.1) is 0 Å². The number of nitrogens with zero attached hydrogens (tertiary/aromatic N) is 1. The molecule has 19 heavy (non-hydrogen) atoms. The van der Waals surface area contributed by atoms with Crippen molar-refractivity contribution in [3.8, 4) is 0 Å². The summed E-state index contributed by atoms with van der Waals surface area (Å²) in [5.74, 6) is 7.39. The van der Waals surface area contributed by atoms with E-state index in [1.807, 2.05) is 23.5 Å². The molecule has 0 aliphatic carbocycles. The predicted molar refractivity (Wildman–Crippen MR) is 103 cm³/mol. The van der Waals surface area contributed by atoms with Gasteiger partial charge in [-0.2, -0.15) is 47.9 Å². The van der Waals surface area contributed by atoms with Gasteiger partial charge in [0.2, 0.25) is 0 Å². The van der Waals surface area contributed by atoms with E-state index >= 15 is 0 Å². The fraction of sp³-hybridized carbons (Fsp3) is 1.00. The third kappa shape index (κ3) is 15.6. The predicted octanol–water partition coefficient (Wildman–Crippen LogP) is 4.24. The van der Waals surface area contributed by atoms with Crippen molar-refractivity contribution in [2.75, 3.05) is 60.4 Å². The molecule has 0 unspecified atom stereocenters. The molecule has 0 aromatic rings. The van der Waals surface area contributed by atoms with Crippen molar-refractivity contribution in [1.82, 2.24) is 4.90 Å². The van der Waals surface area contributed by atoms with Crippen molar-refractivity contribution in [2.45, 2.75) is 26.2 Å². The maximum absolute atomic E-state index is 4.26. The Hall–Kier alpha value is 1.36. The third-order valence-corrected chi connectivity index (χ3v) is 6.04. The zero-order valence-corrected chi connectivity index (χ0v) is 15.9. The molecule has 0 spiro atoms. The molecule has 116 valence electrons. The normalized spacial score (nSPS) is 11.4. The van der Waals surface area contributed by atoms with Gasteiger partial charge in [-0.15, -0.1) is 0 Å². The van der Waals surface area contributed by atoms with Gasteiger partial charge in [0.25, 0.3) is 0 Å². The van der Waals surface area contributed by atoms with E-state index in [1.165, 1.54) is 67.7 Å². The highest BCUT2D eigenvalue weighted by Crippen LogP contribution is 2.08. The van der Waals surface area contributed by atoms with Crippen LogP contribution in [0.25, 0.3) is 0 Å². The van der Waals surface area contributed by atoms with Gasteiger partial charge in [-0.3, -0.25) is 0 Å². The summed E-state index contributed by atoms with van der Waals surface area (Å²) in [4.78, 5) is 2.65. The summed E-state index contributed by atoms with van der Waals surface area (Å²) in [5, 5.41) is 0. The lowest BCUT2D eigenvalue weighted by Gasteiger charge is -2.21. The summed E-state index contributed by atoms with van der Waals surface area (Å²) in [6.07, 6.45) is 6.23. The first-order valence-corrected chi connectivity index (χ1v) is 11.7. The molecule has 0 fully saturated rings. The second kappa shape index (κ2) is 17.4. The molecular formula is C14H31NS4. The SMILES string of the molecule is CCCCSCCN(CCCSC)CCSCCS. The summed E-state index contributed by atoms with van der Waals surface area (Å²) in [7, 11) is 0. The topological polar surface area (TPSA) is 3.24 Å². The highest BCUT2D eigenvalue weighted by Gasteiger charge is 2.04. The molecule has 5 heteroatoms. The van der Waals surface area contributed by atoms with Gasteiger partial charge in [0.1, 0.15) is 0 Å². The Labute approximate surface area is 139 Å². The summed E-state index contributed by atoms with van der Waals surface area (Å²) in [6.45, 7) is 6.07. The lowest BCUT2D eigenvalue weighted by atomic mass is 10.4. The molecule has 0 atom stereocenters. The van der Waals surface area contributed by atoms with E-state index in [2.05, 4.69) is 42.5 Å². The monoisotopic (exact) mass is 341 g/mol. The third-order valence-electron chi connectivity index (χ3n) is 2.80. The average Bonchev–Trinajstić information content (AvgIpc) is 2.42. The number of hydrogen-bond acceptors (Lipinski definition) is 5. The number of unbranched alkanes of at least 4 members (excludes halogenated alkanes) is 1. The molecular weight excluding hydrogens is 310 g/mol. The molecule has 0 rings (SSSR count). The Balaban J connectivity index is 3.63. The van der Waals surface area contributed by atoms with Crippen molar-refractivity contribution in [2.24, 2.45) is 0 Å². The van der Waals surface area contributed by atoms with Crippen LogP contribution in [0.1, 0.15) is 26.2 Å². The first kappa shape index (κ1) is 20.4.